The predicted molar refractivity (Wildman–Crippen MR) is 53.4 cm³/mol. The molecule has 0 aliphatic rings. The summed E-state index contributed by atoms with van der Waals surface area (Å²) in [7, 11) is 1.57. The van der Waals surface area contributed by atoms with Gasteiger partial charge in [0.1, 0.15) is 5.84 Å². The number of nitrogens with two attached hydrogens (primary N) is 1. The summed E-state index contributed by atoms with van der Waals surface area (Å²) in [6.45, 7) is 2.31. The first-order valence-corrected chi connectivity index (χ1v) is 4.46. The molecular weight excluding hydrogens is 186 g/mol. The van der Waals surface area contributed by atoms with E-state index in [1.54, 1.807) is 7.11 Å². The Morgan fingerprint density at radius 2 is 2.29 bits per heavy atom. The van der Waals surface area contributed by atoms with E-state index in [-0.39, 0.29) is 24.5 Å². The second-order valence-corrected chi connectivity index (χ2v) is 3.20. The van der Waals surface area contributed by atoms with Crippen LogP contribution in [-0.2, 0) is 4.74 Å². The van der Waals surface area contributed by atoms with E-state index in [9.17, 15) is 0 Å². The van der Waals surface area contributed by atoms with E-state index >= 15 is 0 Å². The number of aliphatic hydroxyl groups excluding tert-OH is 1. The van der Waals surface area contributed by atoms with Gasteiger partial charge in [0.2, 0.25) is 0 Å². The molecule has 0 saturated heterocycles. The number of ether oxygens (including phenoxy) is 1. The zero-order chi connectivity index (χ0) is 11.0. The summed E-state index contributed by atoms with van der Waals surface area (Å²) in [4.78, 5) is 0. The highest BCUT2D eigenvalue weighted by molar-refractivity contribution is 5.80. The first kappa shape index (κ1) is 13.2. The summed E-state index contributed by atoms with van der Waals surface area (Å²) < 4.78 is 4.89. The predicted octanol–water partition coefficient (Wildman–Crippen LogP) is -0.892. The zero-order valence-corrected chi connectivity index (χ0v) is 8.60. The van der Waals surface area contributed by atoms with E-state index < -0.39 is 0 Å². The Balaban J connectivity index is 3.83. The van der Waals surface area contributed by atoms with E-state index in [4.69, 9.17) is 20.8 Å². The Bertz CT molecular complexity index is 175. The molecular formula is C8H19N3O3. The van der Waals surface area contributed by atoms with Gasteiger partial charge in [0.15, 0.2) is 0 Å². The van der Waals surface area contributed by atoms with Crippen molar-refractivity contribution in [2.45, 2.75) is 25.4 Å². The molecule has 0 radical (unpaired) electrons. The molecule has 2 atom stereocenters. The van der Waals surface area contributed by atoms with Crippen LogP contribution in [-0.4, -0.2) is 48.6 Å². The lowest BCUT2D eigenvalue weighted by molar-refractivity contribution is 0.123. The number of hydrogen-bond acceptors (Lipinski definition) is 5. The maximum Gasteiger partial charge on any atom is 0.140 e. The van der Waals surface area contributed by atoms with Crippen molar-refractivity contribution in [3.8, 4) is 0 Å². The van der Waals surface area contributed by atoms with Crippen LogP contribution in [0.4, 0.5) is 0 Å². The molecule has 0 saturated carbocycles. The van der Waals surface area contributed by atoms with Crippen LogP contribution < -0.4 is 11.1 Å². The second kappa shape index (κ2) is 7.54. The average Bonchev–Trinajstić information content (AvgIpc) is 2.16. The molecule has 0 heterocycles. The summed E-state index contributed by atoms with van der Waals surface area (Å²) in [6.07, 6.45) is 0.427. The highest BCUT2D eigenvalue weighted by Gasteiger charge is 2.11. The number of methoxy groups -OCH3 is 1. The molecule has 0 spiro atoms. The molecule has 0 aliphatic carbocycles. The molecule has 0 aromatic carbocycles. The van der Waals surface area contributed by atoms with Crippen molar-refractivity contribution in [2.75, 3.05) is 20.3 Å². The topological polar surface area (TPSA) is 100 Å². The molecule has 0 aromatic heterocycles. The number of amidine groups is 1. The fourth-order valence-corrected chi connectivity index (χ4v) is 1.17. The van der Waals surface area contributed by atoms with Crippen LogP contribution in [0.2, 0.25) is 0 Å². The summed E-state index contributed by atoms with van der Waals surface area (Å²) in [6, 6.07) is -0.0975. The highest BCUT2D eigenvalue weighted by atomic mass is 16.5. The molecule has 2 unspecified atom stereocenters. The summed E-state index contributed by atoms with van der Waals surface area (Å²) >= 11 is 0. The van der Waals surface area contributed by atoms with E-state index in [0.29, 0.717) is 13.0 Å². The maximum atomic E-state index is 8.94. The van der Waals surface area contributed by atoms with Crippen LogP contribution in [0.3, 0.4) is 0 Å². The fourth-order valence-electron chi connectivity index (χ4n) is 1.17. The van der Waals surface area contributed by atoms with Gasteiger partial charge < -0.3 is 26.1 Å². The third-order valence-electron chi connectivity index (χ3n) is 1.75. The number of rotatable bonds is 7. The SMILES string of the molecule is COCC(CO)NC(C)CC(N)=NO. The molecule has 0 fully saturated rings. The Labute approximate surface area is 83.7 Å². The van der Waals surface area contributed by atoms with E-state index in [2.05, 4.69) is 10.5 Å². The quantitative estimate of drug-likeness (QED) is 0.187. The number of nitrogens with zero attached hydrogens (tertiary/aromatic N) is 1. The van der Waals surface area contributed by atoms with Crippen molar-refractivity contribution in [3.05, 3.63) is 0 Å². The molecule has 0 aliphatic heterocycles. The van der Waals surface area contributed by atoms with Gasteiger partial charge >= 0.3 is 0 Å². The van der Waals surface area contributed by atoms with Gasteiger partial charge in [-0.05, 0) is 6.92 Å². The van der Waals surface area contributed by atoms with Crippen LogP contribution in [0.1, 0.15) is 13.3 Å². The third kappa shape index (κ3) is 5.74. The van der Waals surface area contributed by atoms with Gasteiger partial charge in [-0.25, -0.2) is 0 Å². The third-order valence-corrected chi connectivity index (χ3v) is 1.75. The minimum Gasteiger partial charge on any atom is -0.409 e. The van der Waals surface area contributed by atoms with Gasteiger partial charge in [-0.2, -0.15) is 0 Å². The van der Waals surface area contributed by atoms with Crippen LogP contribution in [0.5, 0.6) is 0 Å². The zero-order valence-electron chi connectivity index (χ0n) is 8.60. The second-order valence-electron chi connectivity index (χ2n) is 3.20. The first-order valence-electron chi connectivity index (χ1n) is 4.46. The van der Waals surface area contributed by atoms with E-state index in [0.717, 1.165) is 0 Å². The van der Waals surface area contributed by atoms with Crippen LogP contribution in [0, 0.1) is 0 Å². The average molecular weight is 205 g/mol. The lowest BCUT2D eigenvalue weighted by atomic mass is 10.2. The standard InChI is InChI=1S/C8H19N3O3/c1-6(3-8(9)11-13)10-7(4-12)5-14-2/h6-7,10,12-13H,3-5H2,1-2H3,(H2,9,11). The molecule has 5 N–H and O–H groups in total. The van der Waals surface area contributed by atoms with Gasteiger partial charge in [-0.15, -0.1) is 0 Å². The van der Waals surface area contributed by atoms with Gasteiger partial charge in [-0.1, -0.05) is 5.16 Å². The number of oxime groups is 1. The lowest BCUT2D eigenvalue weighted by Crippen LogP contribution is -2.43. The molecule has 14 heavy (non-hydrogen) atoms. The minimum absolute atomic E-state index is 0.00560. The Kier molecular flexibility index (Phi) is 7.09. The molecule has 0 aromatic rings. The first-order chi connectivity index (χ1) is 6.63. The molecule has 0 rings (SSSR count). The smallest absolute Gasteiger partial charge is 0.140 e. The normalized spacial score (nSPS) is 16.6. The largest absolute Gasteiger partial charge is 0.409 e. The fraction of sp³-hybridized carbons (Fsp3) is 0.875. The summed E-state index contributed by atoms with van der Waals surface area (Å²) in [5.74, 6) is 0.166. The Morgan fingerprint density at radius 1 is 1.64 bits per heavy atom. The van der Waals surface area contributed by atoms with Crippen LogP contribution in [0.15, 0.2) is 5.16 Å². The molecule has 84 valence electrons. The molecule has 0 bridgehead atoms. The van der Waals surface area contributed by atoms with Crippen molar-refractivity contribution in [1.82, 2.24) is 5.32 Å². The van der Waals surface area contributed by atoms with Gasteiger partial charge in [0.05, 0.1) is 19.3 Å². The number of nitrogens with one attached hydrogen (secondary N) is 1. The summed E-state index contributed by atoms with van der Waals surface area (Å²) in [5.41, 5.74) is 5.33. The monoisotopic (exact) mass is 205 g/mol. The van der Waals surface area contributed by atoms with Crippen molar-refractivity contribution >= 4 is 5.84 Å². The Hall–Kier alpha value is -0.850. The van der Waals surface area contributed by atoms with Gasteiger partial charge in [-0.3, -0.25) is 0 Å². The van der Waals surface area contributed by atoms with Crippen molar-refractivity contribution in [3.63, 3.8) is 0 Å². The van der Waals surface area contributed by atoms with Crippen molar-refractivity contribution < 1.29 is 15.1 Å². The minimum atomic E-state index is -0.124. The van der Waals surface area contributed by atoms with Crippen LogP contribution in [0.25, 0.3) is 0 Å². The van der Waals surface area contributed by atoms with Gasteiger partial charge in [0.25, 0.3) is 0 Å². The number of aliphatic hydroxyl groups is 1. The van der Waals surface area contributed by atoms with E-state index in [1.165, 1.54) is 0 Å². The lowest BCUT2D eigenvalue weighted by Gasteiger charge is -2.20. The van der Waals surface area contributed by atoms with Gasteiger partial charge in [0, 0.05) is 19.6 Å². The van der Waals surface area contributed by atoms with Crippen LogP contribution >= 0.6 is 0 Å². The molecule has 6 heteroatoms. The van der Waals surface area contributed by atoms with Crippen molar-refractivity contribution in [2.24, 2.45) is 10.9 Å². The highest BCUT2D eigenvalue weighted by Crippen LogP contribution is 1.94. The Morgan fingerprint density at radius 3 is 2.71 bits per heavy atom. The van der Waals surface area contributed by atoms with Crippen molar-refractivity contribution in [1.29, 1.82) is 0 Å². The molecule has 0 amide bonds. The maximum absolute atomic E-state index is 8.94. The van der Waals surface area contributed by atoms with E-state index in [1.807, 2.05) is 6.92 Å². The number of hydrogen-bond donors (Lipinski definition) is 4. The summed E-state index contributed by atoms with van der Waals surface area (Å²) in [5, 5.41) is 23.2. The molecule has 6 nitrogen and oxygen atoms in total.